The van der Waals surface area contributed by atoms with Gasteiger partial charge < -0.3 is 4.90 Å². The zero-order chi connectivity index (χ0) is 18.9. The molecule has 0 saturated carbocycles. The third-order valence-corrected chi connectivity index (χ3v) is 4.16. The number of nitrogens with zero attached hydrogens (tertiary/aromatic N) is 3. The Bertz CT molecular complexity index is 801. The highest BCUT2D eigenvalue weighted by Crippen LogP contribution is 2.35. The summed E-state index contributed by atoms with van der Waals surface area (Å²) in [5.41, 5.74) is -0.930. The highest BCUT2D eigenvalue weighted by molar-refractivity contribution is 5.79. The number of hydrogen-bond acceptors (Lipinski definition) is 4. The topological polar surface area (TPSA) is 46.1 Å². The molecule has 1 aliphatic rings. The van der Waals surface area contributed by atoms with E-state index >= 15 is 0 Å². The maximum Gasteiger partial charge on any atom is 0.282 e. The van der Waals surface area contributed by atoms with E-state index in [2.05, 4.69) is 9.97 Å². The van der Waals surface area contributed by atoms with E-state index in [1.54, 1.807) is 0 Å². The van der Waals surface area contributed by atoms with Gasteiger partial charge in [-0.3, -0.25) is 4.79 Å². The average Bonchev–Trinajstić information content (AvgIpc) is 2.61. The van der Waals surface area contributed by atoms with E-state index in [9.17, 15) is 26.7 Å². The van der Waals surface area contributed by atoms with Gasteiger partial charge in [0.25, 0.3) is 12.3 Å². The maximum absolute atomic E-state index is 13.4. The molecule has 0 N–H and O–H groups in total. The second kappa shape index (κ2) is 6.97. The Morgan fingerprint density at radius 1 is 1.08 bits per heavy atom. The Labute approximate surface area is 145 Å². The minimum atomic E-state index is -3.05. The van der Waals surface area contributed by atoms with Gasteiger partial charge in [-0.1, -0.05) is 0 Å². The molecular formula is C17H14F5N3O. The Balaban J connectivity index is 2.11. The number of anilines is 1. The third kappa shape index (κ3) is 3.66. The lowest BCUT2D eigenvalue weighted by Gasteiger charge is -2.33. The molecule has 4 nitrogen and oxygen atoms in total. The van der Waals surface area contributed by atoms with Crippen LogP contribution in [0.15, 0.2) is 24.3 Å². The Hall–Kier alpha value is -2.58. The number of benzene rings is 1. The standard InChI is InChI=1S/C17H14F5N3O/c18-11-3-1-10(2-4-11)13-16(25-7-5-17(21,22)6-8-25)24-14(15(19)20)12(9-26)23-13/h1-4,9,15H,5-8H2. The highest BCUT2D eigenvalue weighted by atomic mass is 19.3. The van der Waals surface area contributed by atoms with Crippen molar-refractivity contribution in [2.24, 2.45) is 0 Å². The van der Waals surface area contributed by atoms with Crippen molar-refractivity contribution in [2.75, 3.05) is 18.0 Å². The van der Waals surface area contributed by atoms with Crippen LogP contribution in [0.3, 0.4) is 0 Å². The second-order valence-corrected chi connectivity index (χ2v) is 5.93. The van der Waals surface area contributed by atoms with Crippen LogP contribution in [0.2, 0.25) is 0 Å². The summed E-state index contributed by atoms with van der Waals surface area (Å²) in [7, 11) is 0. The summed E-state index contributed by atoms with van der Waals surface area (Å²) in [5, 5.41) is 0. The summed E-state index contributed by atoms with van der Waals surface area (Å²) >= 11 is 0. The van der Waals surface area contributed by atoms with Gasteiger partial charge in [0, 0.05) is 31.5 Å². The van der Waals surface area contributed by atoms with Crippen LogP contribution in [0.25, 0.3) is 11.3 Å². The molecule has 0 bridgehead atoms. The van der Waals surface area contributed by atoms with E-state index in [-0.39, 0.29) is 30.9 Å². The van der Waals surface area contributed by atoms with Gasteiger partial charge in [0.2, 0.25) is 0 Å². The molecule has 1 saturated heterocycles. The highest BCUT2D eigenvalue weighted by Gasteiger charge is 2.36. The first-order chi connectivity index (χ1) is 12.3. The van der Waals surface area contributed by atoms with Crippen molar-refractivity contribution < 1.29 is 26.7 Å². The first-order valence-corrected chi connectivity index (χ1v) is 7.85. The van der Waals surface area contributed by atoms with Crippen LogP contribution in [0.5, 0.6) is 0 Å². The molecule has 2 heterocycles. The molecule has 1 aromatic heterocycles. The quantitative estimate of drug-likeness (QED) is 0.595. The minimum absolute atomic E-state index is 0.0204. The normalized spacial score (nSPS) is 16.8. The van der Waals surface area contributed by atoms with Crippen LogP contribution in [-0.4, -0.2) is 35.3 Å². The number of carbonyl (C=O) groups excluding carboxylic acids is 1. The van der Waals surface area contributed by atoms with Crippen molar-refractivity contribution in [3.05, 3.63) is 41.5 Å². The Kier molecular flexibility index (Phi) is 4.88. The van der Waals surface area contributed by atoms with Crippen molar-refractivity contribution in [2.45, 2.75) is 25.2 Å². The molecule has 138 valence electrons. The lowest BCUT2D eigenvalue weighted by molar-refractivity contribution is -0.0221. The molecule has 1 aromatic carbocycles. The average molecular weight is 371 g/mol. The fraction of sp³-hybridized carbons (Fsp3) is 0.353. The number of hydrogen-bond donors (Lipinski definition) is 0. The van der Waals surface area contributed by atoms with Gasteiger partial charge in [0.15, 0.2) is 12.1 Å². The van der Waals surface area contributed by atoms with Crippen LogP contribution in [0, 0.1) is 5.82 Å². The molecule has 0 spiro atoms. The lowest BCUT2D eigenvalue weighted by Crippen LogP contribution is -2.40. The number of halogens is 5. The van der Waals surface area contributed by atoms with Gasteiger partial charge in [-0.05, 0) is 24.3 Å². The predicted octanol–water partition coefficient (Wildman–Crippen LogP) is 4.27. The molecule has 1 fully saturated rings. The number of aldehydes is 1. The van der Waals surface area contributed by atoms with Crippen molar-refractivity contribution in [3.63, 3.8) is 0 Å². The SMILES string of the molecule is O=Cc1nc(-c2ccc(F)cc2)c(N2CCC(F)(F)CC2)nc1C(F)F. The molecular weight excluding hydrogens is 357 g/mol. The van der Waals surface area contributed by atoms with Gasteiger partial charge in [0.05, 0.1) is 0 Å². The zero-order valence-electron chi connectivity index (χ0n) is 13.4. The smallest absolute Gasteiger partial charge is 0.282 e. The zero-order valence-corrected chi connectivity index (χ0v) is 13.4. The van der Waals surface area contributed by atoms with E-state index in [1.165, 1.54) is 17.0 Å². The molecule has 9 heteroatoms. The fourth-order valence-corrected chi connectivity index (χ4v) is 2.77. The van der Waals surface area contributed by atoms with Crippen molar-refractivity contribution in [3.8, 4) is 11.3 Å². The van der Waals surface area contributed by atoms with Gasteiger partial charge in [-0.25, -0.2) is 31.9 Å². The molecule has 0 radical (unpaired) electrons. The van der Waals surface area contributed by atoms with E-state index in [0.717, 1.165) is 12.1 Å². The largest absolute Gasteiger partial charge is 0.354 e. The summed E-state index contributed by atoms with van der Waals surface area (Å²) in [4.78, 5) is 20.4. The van der Waals surface area contributed by atoms with E-state index in [4.69, 9.17) is 0 Å². The van der Waals surface area contributed by atoms with Crippen LogP contribution in [0.4, 0.5) is 27.8 Å². The molecule has 1 aliphatic heterocycles. The molecule has 0 aliphatic carbocycles. The summed E-state index contributed by atoms with van der Waals surface area (Å²) in [6.45, 7) is -0.196. The summed E-state index contributed by atoms with van der Waals surface area (Å²) in [6.07, 6.45) is -3.78. The minimum Gasteiger partial charge on any atom is -0.354 e. The van der Waals surface area contributed by atoms with Crippen LogP contribution < -0.4 is 4.90 Å². The number of aromatic nitrogens is 2. The van der Waals surface area contributed by atoms with Gasteiger partial charge in [-0.15, -0.1) is 0 Å². The first kappa shape index (κ1) is 18.2. The molecule has 2 aromatic rings. The van der Waals surface area contributed by atoms with Gasteiger partial charge in [-0.2, -0.15) is 0 Å². The first-order valence-electron chi connectivity index (χ1n) is 7.85. The molecule has 0 atom stereocenters. The van der Waals surface area contributed by atoms with E-state index in [0.29, 0.717) is 5.56 Å². The van der Waals surface area contributed by atoms with Crippen LogP contribution in [-0.2, 0) is 0 Å². The third-order valence-electron chi connectivity index (χ3n) is 4.16. The number of alkyl halides is 4. The number of piperidine rings is 1. The van der Waals surface area contributed by atoms with Gasteiger partial charge >= 0.3 is 0 Å². The summed E-state index contributed by atoms with van der Waals surface area (Å²) in [5.74, 6) is -3.36. The van der Waals surface area contributed by atoms with Gasteiger partial charge in [0.1, 0.15) is 22.9 Å². The van der Waals surface area contributed by atoms with Crippen molar-refractivity contribution >= 4 is 12.1 Å². The number of rotatable bonds is 4. The Morgan fingerprint density at radius 3 is 2.23 bits per heavy atom. The van der Waals surface area contributed by atoms with Crippen LogP contribution >= 0.6 is 0 Å². The van der Waals surface area contributed by atoms with E-state index in [1.807, 2.05) is 0 Å². The van der Waals surface area contributed by atoms with E-state index < -0.39 is 42.4 Å². The molecule has 26 heavy (non-hydrogen) atoms. The van der Waals surface area contributed by atoms with Crippen LogP contribution in [0.1, 0.15) is 35.4 Å². The molecule has 3 rings (SSSR count). The molecule has 0 amide bonds. The molecule has 0 unspecified atom stereocenters. The predicted molar refractivity (Wildman–Crippen MR) is 84.2 cm³/mol. The van der Waals surface area contributed by atoms with Crippen molar-refractivity contribution in [1.29, 1.82) is 0 Å². The monoisotopic (exact) mass is 371 g/mol. The maximum atomic E-state index is 13.4. The summed E-state index contributed by atoms with van der Waals surface area (Å²) < 4.78 is 66.5. The number of carbonyl (C=O) groups is 1. The fourth-order valence-electron chi connectivity index (χ4n) is 2.77. The van der Waals surface area contributed by atoms with Crippen molar-refractivity contribution in [1.82, 2.24) is 9.97 Å². The lowest BCUT2D eigenvalue weighted by atomic mass is 10.1. The second-order valence-electron chi connectivity index (χ2n) is 5.93. The summed E-state index contributed by atoms with van der Waals surface area (Å²) in [6, 6.07) is 5.01. The Morgan fingerprint density at radius 2 is 1.69 bits per heavy atom.